The highest BCUT2D eigenvalue weighted by molar-refractivity contribution is 6.30. The molecule has 108 valence electrons. The number of anilines is 1. The zero-order valence-electron chi connectivity index (χ0n) is 11.5. The fourth-order valence-corrected chi connectivity index (χ4v) is 3.63. The summed E-state index contributed by atoms with van der Waals surface area (Å²) in [6.07, 6.45) is 3.69. The van der Waals surface area contributed by atoms with E-state index < -0.39 is 0 Å². The first-order valence-corrected chi connectivity index (χ1v) is 7.43. The summed E-state index contributed by atoms with van der Waals surface area (Å²) in [4.78, 5) is 14.1. The normalized spacial score (nSPS) is 25.4. The Morgan fingerprint density at radius 3 is 2.90 bits per heavy atom. The molecule has 5 heteroatoms. The number of carbonyl (C=O) groups excluding carboxylic acids is 1. The molecular formula is C15H19ClN2O2. The van der Waals surface area contributed by atoms with Crippen LogP contribution in [0.25, 0.3) is 0 Å². The molecular weight excluding hydrogens is 276 g/mol. The first kappa shape index (κ1) is 13.7. The summed E-state index contributed by atoms with van der Waals surface area (Å²) in [7, 11) is 1.84. The number of benzene rings is 1. The summed E-state index contributed by atoms with van der Waals surface area (Å²) in [5.41, 5.74) is 1.61. The van der Waals surface area contributed by atoms with Crippen molar-refractivity contribution in [1.82, 2.24) is 4.90 Å². The standard InChI is InChI=1S/C15H19ClN2O2/c1-18-14(20)17-13-6-5-11(16)9-12(13)15(18,7-2-8-19)10-3-4-10/h5-6,9-10,19H,2-4,7-8H2,1H3,(H,17,20). The average molecular weight is 295 g/mol. The van der Waals surface area contributed by atoms with Crippen molar-refractivity contribution in [1.29, 1.82) is 0 Å². The summed E-state index contributed by atoms with van der Waals surface area (Å²) in [6.45, 7) is 0.139. The molecule has 0 aromatic heterocycles. The third kappa shape index (κ3) is 1.98. The van der Waals surface area contributed by atoms with E-state index in [0.29, 0.717) is 17.4 Å². The summed E-state index contributed by atoms with van der Waals surface area (Å²) in [5.74, 6) is 0.460. The Morgan fingerprint density at radius 1 is 1.50 bits per heavy atom. The number of aliphatic hydroxyl groups excluding tert-OH is 1. The van der Waals surface area contributed by atoms with Crippen molar-refractivity contribution in [3.8, 4) is 0 Å². The first-order chi connectivity index (χ1) is 9.59. The molecule has 1 aliphatic heterocycles. The molecule has 0 bridgehead atoms. The zero-order valence-corrected chi connectivity index (χ0v) is 12.3. The summed E-state index contributed by atoms with van der Waals surface area (Å²) in [5, 5.41) is 12.8. The van der Waals surface area contributed by atoms with Gasteiger partial charge in [0.05, 0.1) is 5.54 Å². The van der Waals surface area contributed by atoms with Gasteiger partial charge in [0, 0.05) is 29.9 Å². The van der Waals surface area contributed by atoms with Crippen LogP contribution in [0.4, 0.5) is 10.5 Å². The number of hydrogen-bond donors (Lipinski definition) is 2. The zero-order chi connectivity index (χ0) is 14.3. The maximum Gasteiger partial charge on any atom is 0.322 e. The maximum atomic E-state index is 12.3. The van der Waals surface area contributed by atoms with Crippen molar-refractivity contribution in [2.24, 2.45) is 5.92 Å². The second kappa shape index (κ2) is 4.93. The quantitative estimate of drug-likeness (QED) is 0.896. The van der Waals surface area contributed by atoms with Gasteiger partial charge in [0.25, 0.3) is 0 Å². The highest BCUT2D eigenvalue weighted by Crippen LogP contribution is 2.55. The third-order valence-corrected chi connectivity index (χ3v) is 4.80. The van der Waals surface area contributed by atoms with Gasteiger partial charge in [-0.05, 0) is 49.8 Å². The van der Waals surface area contributed by atoms with Crippen LogP contribution in [0.1, 0.15) is 31.2 Å². The van der Waals surface area contributed by atoms with E-state index in [9.17, 15) is 9.90 Å². The van der Waals surface area contributed by atoms with E-state index in [4.69, 9.17) is 11.6 Å². The Hall–Kier alpha value is -1.26. The Balaban J connectivity index is 2.14. The molecule has 2 aliphatic rings. The van der Waals surface area contributed by atoms with E-state index in [1.165, 1.54) is 0 Å². The van der Waals surface area contributed by atoms with Crippen LogP contribution in [0, 0.1) is 5.92 Å². The monoisotopic (exact) mass is 294 g/mol. The van der Waals surface area contributed by atoms with Gasteiger partial charge in [0.1, 0.15) is 0 Å². The Labute approximate surface area is 123 Å². The number of halogens is 1. The topological polar surface area (TPSA) is 52.6 Å². The van der Waals surface area contributed by atoms with Crippen molar-refractivity contribution in [2.75, 3.05) is 19.0 Å². The molecule has 1 unspecified atom stereocenters. The van der Waals surface area contributed by atoms with E-state index in [0.717, 1.165) is 30.5 Å². The molecule has 1 fully saturated rings. The van der Waals surface area contributed by atoms with Crippen LogP contribution in [0.2, 0.25) is 5.02 Å². The molecule has 3 rings (SSSR count). The number of aliphatic hydroxyl groups is 1. The highest BCUT2D eigenvalue weighted by Gasteiger charge is 2.53. The SMILES string of the molecule is CN1C(=O)Nc2ccc(Cl)cc2C1(CCCO)C1CC1. The van der Waals surface area contributed by atoms with Gasteiger partial charge >= 0.3 is 6.03 Å². The lowest BCUT2D eigenvalue weighted by Crippen LogP contribution is -2.54. The molecule has 0 saturated heterocycles. The molecule has 0 spiro atoms. The largest absolute Gasteiger partial charge is 0.396 e. The fraction of sp³-hybridized carbons (Fsp3) is 0.533. The minimum Gasteiger partial charge on any atom is -0.396 e. The number of nitrogens with zero attached hydrogens (tertiary/aromatic N) is 1. The summed E-state index contributed by atoms with van der Waals surface area (Å²) in [6, 6.07) is 5.56. The molecule has 1 aromatic rings. The van der Waals surface area contributed by atoms with Crippen molar-refractivity contribution < 1.29 is 9.90 Å². The van der Waals surface area contributed by atoms with Gasteiger partial charge in [-0.1, -0.05) is 11.6 Å². The fourth-order valence-electron chi connectivity index (χ4n) is 3.45. The molecule has 20 heavy (non-hydrogen) atoms. The van der Waals surface area contributed by atoms with Gasteiger partial charge in [-0.25, -0.2) is 4.79 Å². The lowest BCUT2D eigenvalue weighted by molar-refractivity contribution is 0.0994. The van der Waals surface area contributed by atoms with E-state index in [-0.39, 0.29) is 18.2 Å². The van der Waals surface area contributed by atoms with Gasteiger partial charge in [0.15, 0.2) is 0 Å². The summed E-state index contributed by atoms with van der Waals surface area (Å²) >= 11 is 6.17. The Morgan fingerprint density at radius 2 is 2.25 bits per heavy atom. The first-order valence-electron chi connectivity index (χ1n) is 7.05. The van der Waals surface area contributed by atoms with Gasteiger partial charge in [-0.3, -0.25) is 0 Å². The third-order valence-electron chi connectivity index (χ3n) is 4.56. The number of carbonyl (C=O) groups is 1. The smallest absolute Gasteiger partial charge is 0.322 e. The van der Waals surface area contributed by atoms with E-state index >= 15 is 0 Å². The number of rotatable bonds is 4. The van der Waals surface area contributed by atoms with E-state index in [1.807, 2.05) is 19.2 Å². The predicted octanol–water partition coefficient (Wildman–Crippen LogP) is 3.20. The van der Waals surface area contributed by atoms with Crippen molar-refractivity contribution in [2.45, 2.75) is 31.2 Å². The molecule has 1 aromatic carbocycles. The molecule has 4 nitrogen and oxygen atoms in total. The average Bonchev–Trinajstić information content (AvgIpc) is 3.26. The van der Waals surface area contributed by atoms with Gasteiger partial charge in [-0.15, -0.1) is 0 Å². The molecule has 1 aliphatic carbocycles. The lowest BCUT2D eigenvalue weighted by Gasteiger charge is -2.47. The van der Waals surface area contributed by atoms with Crippen LogP contribution in [-0.4, -0.2) is 29.7 Å². The van der Waals surface area contributed by atoms with Crippen molar-refractivity contribution >= 4 is 23.3 Å². The van der Waals surface area contributed by atoms with E-state index in [1.54, 1.807) is 11.0 Å². The number of amides is 2. The maximum absolute atomic E-state index is 12.3. The number of fused-ring (bicyclic) bond motifs is 1. The number of urea groups is 1. The second-order valence-corrected chi connectivity index (χ2v) is 6.14. The minimum absolute atomic E-state index is 0.0790. The van der Waals surface area contributed by atoms with Crippen LogP contribution in [0.5, 0.6) is 0 Å². The Kier molecular flexibility index (Phi) is 3.38. The van der Waals surface area contributed by atoms with E-state index in [2.05, 4.69) is 5.32 Å². The molecule has 1 atom stereocenters. The lowest BCUT2D eigenvalue weighted by atomic mass is 9.77. The summed E-state index contributed by atoms with van der Waals surface area (Å²) < 4.78 is 0. The minimum atomic E-state index is -0.328. The van der Waals surface area contributed by atoms with Crippen LogP contribution in [-0.2, 0) is 5.54 Å². The molecule has 0 radical (unpaired) electrons. The van der Waals surface area contributed by atoms with Crippen molar-refractivity contribution in [3.05, 3.63) is 28.8 Å². The molecule has 1 heterocycles. The second-order valence-electron chi connectivity index (χ2n) is 5.70. The molecule has 2 amide bonds. The number of hydrogen-bond acceptors (Lipinski definition) is 2. The van der Waals surface area contributed by atoms with Gasteiger partial charge < -0.3 is 15.3 Å². The Bertz CT molecular complexity index is 545. The molecule has 1 saturated carbocycles. The number of nitrogens with one attached hydrogen (secondary N) is 1. The van der Waals surface area contributed by atoms with Crippen LogP contribution < -0.4 is 5.32 Å². The van der Waals surface area contributed by atoms with Gasteiger partial charge in [-0.2, -0.15) is 0 Å². The molecule has 2 N–H and O–H groups in total. The van der Waals surface area contributed by atoms with Crippen LogP contribution in [0.3, 0.4) is 0 Å². The van der Waals surface area contributed by atoms with Crippen LogP contribution in [0.15, 0.2) is 18.2 Å². The highest BCUT2D eigenvalue weighted by atomic mass is 35.5. The van der Waals surface area contributed by atoms with Gasteiger partial charge in [0.2, 0.25) is 0 Å². The van der Waals surface area contributed by atoms with Crippen LogP contribution >= 0.6 is 11.6 Å². The predicted molar refractivity (Wildman–Crippen MR) is 79.0 cm³/mol. The van der Waals surface area contributed by atoms with Crippen molar-refractivity contribution in [3.63, 3.8) is 0 Å².